The second-order valence-corrected chi connectivity index (χ2v) is 7.73. The summed E-state index contributed by atoms with van der Waals surface area (Å²) in [5.41, 5.74) is 1.64. The third-order valence-corrected chi connectivity index (χ3v) is 5.14. The fraction of sp³-hybridized carbons (Fsp3) is 0.278. The zero-order valence-corrected chi connectivity index (χ0v) is 15.5. The lowest BCUT2D eigenvalue weighted by Gasteiger charge is -2.20. The molecule has 2 rings (SSSR count). The highest BCUT2D eigenvalue weighted by atomic mass is 32.2. The quantitative estimate of drug-likeness (QED) is 0.857. The van der Waals surface area contributed by atoms with Crippen LogP contribution in [0.25, 0.3) is 0 Å². The molecule has 0 fully saturated rings. The summed E-state index contributed by atoms with van der Waals surface area (Å²) in [6.45, 7) is 1.88. The molecule has 0 unspecified atom stereocenters. The molecule has 0 aromatic heterocycles. The van der Waals surface area contributed by atoms with E-state index < -0.39 is 10.0 Å². The van der Waals surface area contributed by atoms with Crippen molar-refractivity contribution in [3.63, 3.8) is 0 Å². The van der Waals surface area contributed by atoms with E-state index in [0.29, 0.717) is 11.4 Å². The smallest absolute Gasteiger partial charge is 0.255 e. The Morgan fingerprint density at radius 2 is 1.80 bits per heavy atom. The molecule has 25 heavy (non-hydrogen) atoms. The van der Waals surface area contributed by atoms with E-state index in [1.165, 1.54) is 20.2 Å². The molecule has 0 aliphatic rings. The first-order valence-electron chi connectivity index (χ1n) is 7.71. The Kier molecular flexibility index (Phi) is 5.69. The van der Waals surface area contributed by atoms with E-state index >= 15 is 0 Å². The molecule has 1 amide bonds. The molecule has 0 spiro atoms. The van der Waals surface area contributed by atoms with Gasteiger partial charge in [-0.3, -0.25) is 9.10 Å². The molecule has 0 aliphatic carbocycles. The summed E-state index contributed by atoms with van der Waals surface area (Å²) in [6, 6.07) is 14.1. The number of nitrogens with zero attached hydrogens (tertiary/aromatic N) is 1. The lowest BCUT2D eigenvalue weighted by atomic mass is 10.1. The lowest BCUT2D eigenvalue weighted by Crippen LogP contribution is -2.28. The van der Waals surface area contributed by atoms with E-state index in [2.05, 4.69) is 5.32 Å². The predicted octanol–water partition coefficient (Wildman–Crippen LogP) is 2.58. The van der Waals surface area contributed by atoms with Crippen LogP contribution in [0.4, 0.5) is 5.69 Å². The Hall–Kier alpha value is -2.54. The molecule has 7 heteroatoms. The van der Waals surface area contributed by atoms with Gasteiger partial charge >= 0.3 is 0 Å². The maximum atomic E-state index is 12.7. The maximum absolute atomic E-state index is 12.7. The molecule has 2 aromatic rings. The Labute approximate surface area is 148 Å². The van der Waals surface area contributed by atoms with Gasteiger partial charge < -0.3 is 10.1 Å². The van der Waals surface area contributed by atoms with Gasteiger partial charge in [0.05, 0.1) is 30.7 Å². The number of carbonyl (C=O) groups excluding carboxylic acids is 1. The first-order valence-corrected chi connectivity index (χ1v) is 9.56. The lowest BCUT2D eigenvalue weighted by molar-refractivity contribution is 0.0937. The molecule has 0 heterocycles. The first kappa shape index (κ1) is 18.8. The van der Waals surface area contributed by atoms with E-state index in [1.807, 2.05) is 37.3 Å². The Morgan fingerprint density at radius 1 is 1.16 bits per heavy atom. The van der Waals surface area contributed by atoms with E-state index in [1.54, 1.807) is 12.1 Å². The minimum absolute atomic E-state index is 0.199. The predicted molar refractivity (Wildman–Crippen MR) is 98.6 cm³/mol. The van der Waals surface area contributed by atoms with Gasteiger partial charge in [0.15, 0.2) is 0 Å². The molecule has 2 aromatic carbocycles. The van der Waals surface area contributed by atoms with Crippen molar-refractivity contribution in [3.8, 4) is 5.75 Å². The van der Waals surface area contributed by atoms with Gasteiger partial charge in [0.25, 0.3) is 5.91 Å². The number of benzene rings is 2. The minimum atomic E-state index is -3.42. The van der Waals surface area contributed by atoms with Crippen LogP contribution in [0.15, 0.2) is 48.5 Å². The van der Waals surface area contributed by atoms with E-state index in [9.17, 15) is 13.2 Å². The number of nitrogens with one attached hydrogen (secondary N) is 1. The zero-order valence-electron chi connectivity index (χ0n) is 14.7. The molecular weight excluding hydrogens is 340 g/mol. The Morgan fingerprint density at radius 3 is 2.36 bits per heavy atom. The number of hydrogen-bond acceptors (Lipinski definition) is 4. The van der Waals surface area contributed by atoms with Gasteiger partial charge in [-0.1, -0.05) is 30.3 Å². The third kappa shape index (κ3) is 4.51. The van der Waals surface area contributed by atoms with Crippen molar-refractivity contribution in [2.45, 2.75) is 13.0 Å². The van der Waals surface area contributed by atoms with Crippen LogP contribution >= 0.6 is 0 Å². The van der Waals surface area contributed by atoms with E-state index in [4.69, 9.17) is 4.74 Å². The number of carbonyl (C=O) groups is 1. The molecule has 0 saturated carbocycles. The monoisotopic (exact) mass is 362 g/mol. The van der Waals surface area contributed by atoms with Crippen molar-refractivity contribution in [2.75, 3.05) is 24.7 Å². The van der Waals surface area contributed by atoms with Crippen molar-refractivity contribution in [1.29, 1.82) is 0 Å². The highest BCUT2D eigenvalue weighted by molar-refractivity contribution is 7.92. The fourth-order valence-corrected chi connectivity index (χ4v) is 2.86. The van der Waals surface area contributed by atoms with Crippen LogP contribution in [-0.4, -0.2) is 34.7 Å². The van der Waals surface area contributed by atoms with Crippen LogP contribution in [0.5, 0.6) is 5.75 Å². The van der Waals surface area contributed by atoms with Gasteiger partial charge in [0.1, 0.15) is 5.75 Å². The third-order valence-electron chi connectivity index (χ3n) is 3.94. The number of ether oxygens (including phenoxy) is 1. The molecule has 6 nitrogen and oxygen atoms in total. The van der Waals surface area contributed by atoms with Crippen molar-refractivity contribution < 1.29 is 17.9 Å². The van der Waals surface area contributed by atoms with Gasteiger partial charge in [-0.15, -0.1) is 0 Å². The van der Waals surface area contributed by atoms with Gasteiger partial charge in [0.2, 0.25) is 10.0 Å². The summed E-state index contributed by atoms with van der Waals surface area (Å²) in [5, 5.41) is 2.91. The van der Waals surface area contributed by atoms with Gasteiger partial charge in [-0.25, -0.2) is 8.42 Å². The second kappa shape index (κ2) is 7.57. The fourth-order valence-electron chi connectivity index (χ4n) is 2.36. The molecule has 0 aliphatic heterocycles. The SMILES string of the molecule is COc1ccc(N(C)S(C)(=O)=O)cc1C(=O)N[C@@H](C)c1ccccc1. The van der Waals surface area contributed by atoms with Crippen molar-refractivity contribution in [1.82, 2.24) is 5.32 Å². The summed E-state index contributed by atoms with van der Waals surface area (Å²) < 4.78 is 29.8. The van der Waals surface area contributed by atoms with Crippen LogP contribution in [0.3, 0.4) is 0 Å². The molecule has 1 atom stereocenters. The van der Waals surface area contributed by atoms with Gasteiger partial charge in [-0.05, 0) is 30.7 Å². The second-order valence-electron chi connectivity index (χ2n) is 5.72. The van der Waals surface area contributed by atoms with Crippen molar-refractivity contribution in [3.05, 3.63) is 59.7 Å². The van der Waals surface area contributed by atoms with E-state index in [-0.39, 0.29) is 17.5 Å². The van der Waals surface area contributed by atoms with E-state index in [0.717, 1.165) is 16.1 Å². The van der Waals surface area contributed by atoms with Crippen molar-refractivity contribution in [2.24, 2.45) is 0 Å². The summed E-state index contributed by atoms with van der Waals surface area (Å²) in [5.74, 6) is 0.0420. The highest BCUT2D eigenvalue weighted by Crippen LogP contribution is 2.26. The summed E-state index contributed by atoms with van der Waals surface area (Å²) in [4.78, 5) is 12.7. The van der Waals surface area contributed by atoms with Crippen LogP contribution in [0, 0.1) is 0 Å². The van der Waals surface area contributed by atoms with Crippen LogP contribution in [0.1, 0.15) is 28.9 Å². The van der Waals surface area contributed by atoms with Crippen LogP contribution < -0.4 is 14.4 Å². The number of sulfonamides is 1. The number of anilines is 1. The normalized spacial score (nSPS) is 12.3. The Balaban J connectivity index is 2.31. The average Bonchev–Trinajstić information content (AvgIpc) is 2.60. The molecule has 0 radical (unpaired) electrons. The zero-order chi connectivity index (χ0) is 18.6. The average molecular weight is 362 g/mol. The highest BCUT2D eigenvalue weighted by Gasteiger charge is 2.19. The number of amides is 1. The van der Waals surface area contributed by atoms with Crippen LogP contribution in [-0.2, 0) is 10.0 Å². The van der Waals surface area contributed by atoms with Crippen LogP contribution in [0.2, 0.25) is 0 Å². The largest absolute Gasteiger partial charge is 0.496 e. The van der Waals surface area contributed by atoms with Crippen molar-refractivity contribution >= 4 is 21.6 Å². The van der Waals surface area contributed by atoms with Gasteiger partial charge in [0, 0.05) is 7.05 Å². The molecule has 1 N–H and O–H groups in total. The molecule has 0 bridgehead atoms. The number of rotatable bonds is 6. The molecule has 134 valence electrons. The number of methoxy groups -OCH3 is 1. The molecular formula is C18H22N2O4S. The minimum Gasteiger partial charge on any atom is -0.496 e. The summed E-state index contributed by atoms with van der Waals surface area (Å²) in [7, 11) is -0.522. The molecule has 0 saturated heterocycles. The first-order chi connectivity index (χ1) is 11.7. The maximum Gasteiger partial charge on any atom is 0.255 e. The topological polar surface area (TPSA) is 75.7 Å². The Bertz CT molecular complexity index is 851. The van der Waals surface area contributed by atoms with Gasteiger partial charge in [-0.2, -0.15) is 0 Å². The summed E-state index contributed by atoms with van der Waals surface area (Å²) >= 11 is 0. The standard InChI is InChI=1S/C18H22N2O4S/c1-13(14-8-6-5-7-9-14)19-18(21)16-12-15(10-11-17(16)24-3)20(2)25(4,22)23/h5-13H,1-4H3,(H,19,21)/t13-/m0/s1. The number of hydrogen-bond donors (Lipinski definition) is 1. The summed E-state index contributed by atoms with van der Waals surface area (Å²) in [6.07, 6.45) is 1.11.